The molecule has 0 aromatic carbocycles. The van der Waals surface area contributed by atoms with E-state index in [4.69, 9.17) is 5.73 Å². The lowest BCUT2D eigenvalue weighted by atomic mass is 9.96. The summed E-state index contributed by atoms with van der Waals surface area (Å²) in [6, 6.07) is 0. The molecule has 0 aromatic rings. The molecule has 0 aliphatic rings. The summed E-state index contributed by atoms with van der Waals surface area (Å²) in [6.07, 6.45) is 2.12. The maximum atomic E-state index is 5.66. The summed E-state index contributed by atoms with van der Waals surface area (Å²) in [4.78, 5) is 4.09. The van der Waals surface area contributed by atoms with Crippen molar-refractivity contribution in [3.63, 3.8) is 0 Å². The van der Waals surface area contributed by atoms with Gasteiger partial charge in [-0.05, 0) is 26.7 Å². The minimum Gasteiger partial charge on any atom is -0.370 e. The maximum absolute atomic E-state index is 5.66. The molecule has 0 amide bonds. The highest BCUT2D eigenvalue weighted by molar-refractivity contribution is 5.78. The van der Waals surface area contributed by atoms with E-state index >= 15 is 0 Å². The van der Waals surface area contributed by atoms with Crippen molar-refractivity contribution in [1.29, 1.82) is 0 Å². The first-order chi connectivity index (χ1) is 5.58. The van der Waals surface area contributed by atoms with Gasteiger partial charge in [-0.15, -0.1) is 0 Å². The van der Waals surface area contributed by atoms with E-state index in [1.54, 1.807) is 0 Å². The molecule has 0 aromatic heterocycles. The van der Waals surface area contributed by atoms with Crippen LogP contribution in [0.3, 0.4) is 0 Å². The average Bonchev–Trinajstić information content (AvgIpc) is 2.05. The van der Waals surface area contributed by atoms with Crippen LogP contribution < -0.4 is 11.1 Å². The van der Waals surface area contributed by atoms with Crippen molar-refractivity contribution in [2.75, 3.05) is 6.54 Å². The van der Waals surface area contributed by atoms with Crippen LogP contribution in [0.15, 0.2) is 4.99 Å². The number of nitrogens with zero attached hydrogens (tertiary/aromatic N) is 1. The largest absolute Gasteiger partial charge is 0.370 e. The van der Waals surface area contributed by atoms with E-state index in [9.17, 15) is 0 Å². The molecule has 0 spiro atoms. The van der Waals surface area contributed by atoms with Gasteiger partial charge < -0.3 is 11.1 Å². The monoisotopic (exact) mass is 171 g/mol. The van der Waals surface area contributed by atoms with Crippen LogP contribution in [0, 0.1) is 0 Å². The van der Waals surface area contributed by atoms with Crippen LogP contribution in [0.1, 0.15) is 40.5 Å². The van der Waals surface area contributed by atoms with Gasteiger partial charge >= 0.3 is 0 Å². The molecule has 0 atom stereocenters. The number of aliphatic imine (C=N–C) groups is 1. The van der Waals surface area contributed by atoms with Crippen molar-refractivity contribution in [2.45, 2.75) is 46.1 Å². The molecule has 0 rings (SSSR count). The van der Waals surface area contributed by atoms with Crippen LogP contribution in [0.4, 0.5) is 0 Å². The zero-order valence-electron chi connectivity index (χ0n) is 8.65. The summed E-state index contributed by atoms with van der Waals surface area (Å²) < 4.78 is 0. The Morgan fingerprint density at radius 3 is 2.17 bits per heavy atom. The molecular formula is C9H21N3. The Bertz CT molecular complexity index is 148. The quantitative estimate of drug-likeness (QED) is 0.497. The Hall–Kier alpha value is -0.730. The van der Waals surface area contributed by atoms with Crippen LogP contribution in [0.25, 0.3) is 0 Å². The number of rotatable bonds is 4. The summed E-state index contributed by atoms with van der Waals surface area (Å²) >= 11 is 0. The third-order valence-corrected chi connectivity index (χ3v) is 2.32. The van der Waals surface area contributed by atoms with Crippen LogP contribution in [-0.2, 0) is 0 Å². The van der Waals surface area contributed by atoms with Crippen molar-refractivity contribution >= 4 is 5.96 Å². The first kappa shape index (κ1) is 11.3. The molecule has 0 unspecified atom stereocenters. The predicted octanol–water partition coefficient (Wildman–Crippen LogP) is 1.49. The zero-order valence-corrected chi connectivity index (χ0v) is 8.65. The maximum Gasteiger partial charge on any atom is 0.188 e. The molecule has 0 heterocycles. The van der Waals surface area contributed by atoms with E-state index in [0.29, 0.717) is 5.96 Å². The van der Waals surface area contributed by atoms with Gasteiger partial charge in [-0.2, -0.15) is 0 Å². The van der Waals surface area contributed by atoms with E-state index in [1.165, 1.54) is 0 Å². The summed E-state index contributed by atoms with van der Waals surface area (Å²) in [5, 5.41) is 3.22. The van der Waals surface area contributed by atoms with Gasteiger partial charge in [0.05, 0.1) is 0 Å². The molecule has 0 aliphatic carbocycles. The van der Waals surface area contributed by atoms with Crippen LogP contribution in [0.5, 0.6) is 0 Å². The minimum atomic E-state index is 0.1000. The molecule has 0 aliphatic heterocycles. The van der Waals surface area contributed by atoms with Crippen molar-refractivity contribution < 1.29 is 0 Å². The van der Waals surface area contributed by atoms with E-state index in [-0.39, 0.29) is 5.54 Å². The van der Waals surface area contributed by atoms with Gasteiger partial charge in [-0.1, -0.05) is 13.8 Å². The Kier molecular flexibility index (Phi) is 4.71. The highest BCUT2D eigenvalue weighted by Crippen LogP contribution is 2.12. The van der Waals surface area contributed by atoms with Gasteiger partial charge in [0.25, 0.3) is 0 Å². The number of nitrogens with two attached hydrogens (primary N) is 1. The Balaban J connectivity index is 4.11. The molecular weight excluding hydrogens is 150 g/mol. The number of hydrogen-bond acceptors (Lipinski definition) is 1. The molecule has 3 heteroatoms. The normalized spacial score (nSPS) is 13.2. The Morgan fingerprint density at radius 2 is 1.83 bits per heavy atom. The summed E-state index contributed by atoms with van der Waals surface area (Å²) in [6.45, 7) is 9.17. The molecule has 0 radical (unpaired) electrons. The van der Waals surface area contributed by atoms with E-state index in [1.807, 2.05) is 6.92 Å². The number of nitrogens with one attached hydrogen (secondary N) is 1. The zero-order chi connectivity index (χ0) is 9.61. The molecule has 0 fully saturated rings. The Morgan fingerprint density at radius 1 is 1.33 bits per heavy atom. The second-order valence-corrected chi connectivity index (χ2v) is 3.25. The van der Waals surface area contributed by atoms with Gasteiger partial charge in [0.1, 0.15) is 0 Å². The fraction of sp³-hybridized carbons (Fsp3) is 0.889. The highest BCUT2D eigenvalue weighted by atomic mass is 15.1. The molecule has 0 saturated heterocycles. The van der Waals surface area contributed by atoms with Gasteiger partial charge in [0.2, 0.25) is 0 Å². The van der Waals surface area contributed by atoms with Gasteiger partial charge in [0.15, 0.2) is 5.96 Å². The predicted molar refractivity (Wildman–Crippen MR) is 54.3 cm³/mol. The molecule has 0 bridgehead atoms. The third-order valence-electron chi connectivity index (χ3n) is 2.32. The van der Waals surface area contributed by atoms with Crippen LogP contribution in [-0.4, -0.2) is 18.0 Å². The smallest absolute Gasteiger partial charge is 0.188 e. The molecule has 12 heavy (non-hydrogen) atoms. The summed E-state index contributed by atoms with van der Waals surface area (Å²) in [5.74, 6) is 0.559. The topological polar surface area (TPSA) is 50.4 Å². The third kappa shape index (κ3) is 3.60. The summed E-state index contributed by atoms with van der Waals surface area (Å²) in [5.41, 5.74) is 5.76. The number of hydrogen-bond donors (Lipinski definition) is 2. The number of guanidine groups is 1. The second-order valence-electron chi connectivity index (χ2n) is 3.25. The fourth-order valence-electron chi connectivity index (χ4n) is 0.946. The molecule has 0 saturated carbocycles. The minimum absolute atomic E-state index is 0.1000. The van der Waals surface area contributed by atoms with Crippen molar-refractivity contribution in [3.8, 4) is 0 Å². The van der Waals surface area contributed by atoms with Crippen LogP contribution >= 0.6 is 0 Å². The molecule has 3 N–H and O–H groups in total. The van der Waals surface area contributed by atoms with Crippen LogP contribution in [0.2, 0.25) is 0 Å². The lowest BCUT2D eigenvalue weighted by Crippen LogP contribution is -2.48. The average molecular weight is 171 g/mol. The first-order valence-electron chi connectivity index (χ1n) is 4.66. The Labute approximate surface area is 75.4 Å². The highest BCUT2D eigenvalue weighted by Gasteiger charge is 2.19. The second kappa shape index (κ2) is 5.01. The van der Waals surface area contributed by atoms with Crippen molar-refractivity contribution in [2.24, 2.45) is 10.7 Å². The fourth-order valence-corrected chi connectivity index (χ4v) is 0.946. The van der Waals surface area contributed by atoms with E-state index in [2.05, 4.69) is 31.1 Å². The SMILES string of the molecule is CCN=C(N)NC(C)(CC)CC. The van der Waals surface area contributed by atoms with Gasteiger partial charge in [-0.3, -0.25) is 4.99 Å². The lowest BCUT2D eigenvalue weighted by Gasteiger charge is -2.28. The van der Waals surface area contributed by atoms with Crippen molar-refractivity contribution in [1.82, 2.24) is 5.32 Å². The van der Waals surface area contributed by atoms with Crippen molar-refractivity contribution in [3.05, 3.63) is 0 Å². The molecule has 72 valence electrons. The van der Waals surface area contributed by atoms with Gasteiger partial charge in [-0.25, -0.2) is 0 Å². The summed E-state index contributed by atoms with van der Waals surface area (Å²) in [7, 11) is 0. The van der Waals surface area contributed by atoms with E-state index in [0.717, 1.165) is 19.4 Å². The first-order valence-corrected chi connectivity index (χ1v) is 4.66. The standard InChI is InChI=1S/C9H21N3/c1-5-9(4,6-2)12-8(10)11-7-3/h5-7H2,1-4H3,(H3,10,11,12). The molecule has 3 nitrogen and oxygen atoms in total. The van der Waals surface area contributed by atoms with Gasteiger partial charge in [0, 0.05) is 12.1 Å². The lowest BCUT2D eigenvalue weighted by molar-refractivity contribution is 0.387. The van der Waals surface area contributed by atoms with E-state index < -0.39 is 0 Å².